The van der Waals surface area contributed by atoms with Gasteiger partial charge in [0.2, 0.25) is 0 Å². The second kappa shape index (κ2) is 8.35. The monoisotopic (exact) mass is 386 g/mol. The molecule has 2 aromatic rings. The number of carbonyl (C=O) groups excluding carboxylic acids is 3. The van der Waals surface area contributed by atoms with Crippen molar-refractivity contribution in [1.82, 2.24) is 5.32 Å². The molecule has 142 valence electrons. The van der Waals surface area contributed by atoms with Crippen molar-refractivity contribution in [3.8, 4) is 0 Å². The minimum absolute atomic E-state index is 0.498. The molecule has 3 rings (SSSR count). The first-order chi connectivity index (χ1) is 12.9. The third-order valence-corrected chi connectivity index (χ3v) is 5.63. The Bertz CT molecular complexity index is 865. The number of carbonyl (C=O) groups is 3. The van der Waals surface area contributed by atoms with E-state index in [1.165, 1.54) is 21.8 Å². The summed E-state index contributed by atoms with van der Waals surface area (Å²) >= 11 is 1.43. The smallest absolute Gasteiger partial charge is 0.348 e. The standard InChI is InChI=1S/C20H22N2O4S/c1-12-7-8-15(13(2)9-12)21-20(25)22-18(23)11-26-19(24)17-10-14-5-3-4-6-16(14)27-17/h7-10H,3-6,11H2,1-2H3,(H2,21,22,23,25). The van der Waals surface area contributed by atoms with Crippen LogP contribution in [0.5, 0.6) is 0 Å². The Kier molecular flexibility index (Phi) is 5.91. The van der Waals surface area contributed by atoms with Gasteiger partial charge >= 0.3 is 12.0 Å². The molecule has 0 atom stereocenters. The number of fused-ring (bicyclic) bond motifs is 1. The van der Waals surface area contributed by atoms with Gasteiger partial charge in [0.1, 0.15) is 4.88 Å². The molecule has 3 amide bonds. The molecule has 1 heterocycles. The molecular weight excluding hydrogens is 364 g/mol. The van der Waals surface area contributed by atoms with Gasteiger partial charge in [-0.05, 0) is 62.8 Å². The molecule has 0 spiro atoms. The molecule has 0 fully saturated rings. The molecule has 7 heteroatoms. The third-order valence-electron chi connectivity index (χ3n) is 4.42. The maximum Gasteiger partial charge on any atom is 0.348 e. The molecule has 0 aliphatic heterocycles. The number of thiophene rings is 1. The van der Waals surface area contributed by atoms with Crippen LogP contribution >= 0.6 is 11.3 Å². The zero-order chi connectivity index (χ0) is 19.4. The van der Waals surface area contributed by atoms with Crippen LogP contribution in [0.1, 0.15) is 44.1 Å². The van der Waals surface area contributed by atoms with Crippen LogP contribution in [0.15, 0.2) is 24.3 Å². The number of anilines is 1. The number of imide groups is 1. The summed E-state index contributed by atoms with van der Waals surface area (Å²) in [6.07, 6.45) is 4.25. The fraction of sp³-hybridized carbons (Fsp3) is 0.350. The summed E-state index contributed by atoms with van der Waals surface area (Å²) in [5.41, 5.74) is 3.80. The van der Waals surface area contributed by atoms with Crippen LogP contribution in [0, 0.1) is 13.8 Å². The first-order valence-electron chi connectivity index (χ1n) is 8.89. The molecule has 0 unspecified atom stereocenters. The number of ether oxygens (including phenoxy) is 1. The minimum Gasteiger partial charge on any atom is -0.451 e. The predicted molar refractivity (Wildman–Crippen MR) is 104 cm³/mol. The van der Waals surface area contributed by atoms with Crippen molar-refractivity contribution in [2.45, 2.75) is 39.5 Å². The molecule has 0 radical (unpaired) electrons. The summed E-state index contributed by atoms with van der Waals surface area (Å²) in [4.78, 5) is 37.7. The number of amides is 3. The molecule has 2 N–H and O–H groups in total. The largest absolute Gasteiger partial charge is 0.451 e. The average molecular weight is 386 g/mol. The molecule has 6 nitrogen and oxygen atoms in total. The number of rotatable bonds is 4. The SMILES string of the molecule is Cc1ccc(NC(=O)NC(=O)COC(=O)c2cc3c(s2)CCCC3)c(C)c1. The highest BCUT2D eigenvalue weighted by atomic mass is 32.1. The van der Waals surface area contributed by atoms with Gasteiger partial charge in [-0.25, -0.2) is 9.59 Å². The van der Waals surface area contributed by atoms with E-state index in [2.05, 4.69) is 10.6 Å². The summed E-state index contributed by atoms with van der Waals surface area (Å²) in [7, 11) is 0. The minimum atomic E-state index is -0.674. The quantitative estimate of drug-likeness (QED) is 0.784. The summed E-state index contributed by atoms with van der Waals surface area (Å²) in [5.74, 6) is -1.20. The van der Waals surface area contributed by atoms with Crippen LogP contribution in [0.25, 0.3) is 0 Å². The van der Waals surface area contributed by atoms with Crippen molar-refractivity contribution in [3.05, 3.63) is 50.7 Å². The fourth-order valence-corrected chi connectivity index (χ4v) is 4.21. The zero-order valence-corrected chi connectivity index (χ0v) is 16.2. The lowest BCUT2D eigenvalue weighted by atomic mass is 9.99. The molecule has 0 saturated heterocycles. The maximum absolute atomic E-state index is 12.1. The second-order valence-electron chi connectivity index (χ2n) is 6.66. The van der Waals surface area contributed by atoms with Crippen molar-refractivity contribution in [3.63, 3.8) is 0 Å². The molecule has 1 aliphatic carbocycles. The van der Waals surface area contributed by atoms with Crippen LogP contribution in [-0.2, 0) is 22.4 Å². The van der Waals surface area contributed by atoms with Crippen LogP contribution in [0.2, 0.25) is 0 Å². The van der Waals surface area contributed by atoms with Gasteiger partial charge < -0.3 is 10.1 Å². The van der Waals surface area contributed by atoms with Crippen LogP contribution in [-0.4, -0.2) is 24.5 Å². The lowest BCUT2D eigenvalue weighted by Gasteiger charge is -2.10. The van der Waals surface area contributed by atoms with E-state index >= 15 is 0 Å². The van der Waals surface area contributed by atoms with Gasteiger partial charge in [0.15, 0.2) is 6.61 Å². The van der Waals surface area contributed by atoms with Gasteiger partial charge in [-0.2, -0.15) is 0 Å². The number of nitrogens with one attached hydrogen (secondary N) is 2. The van der Waals surface area contributed by atoms with E-state index in [4.69, 9.17) is 4.74 Å². The van der Waals surface area contributed by atoms with Crippen molar-refractivity contribution in [2.24, 2.45) is 0 Å². The summed E-state index contributed by atoms with van der Waals surface area (Å²) in [6, 6.07) is 6.77. The van der Waals surface area contributed by atoms with Crippen molar-refractivity contribution in [2.75, 3.05) is 11.9 Å². The van der Waals surface area contributed by atoms with E-state index < -0.39 is 24.5 Å². The maximum atomic E-state index is 12.1. The first-order valence-corrected chi connectivity index (χ1v) is 9.71. The Morgan fingerprint density at radius 2 is 1.89 bits per heavy atom. The van der Waals surface area contributed by atoms with Gasteiger partial charge in [0.05, 0.1) is 0 Å². The van der Waals surface area contributed by atoms with Crippen LogP contribution < -0.4 is 10.6 Å². The number of aryl methyl sites for hydroxylation is 4. The van der Waals surface area contributed by atoms with Gasteiger partial charge in [-0.3, -0.25) is 10.1 Å². The van der Waals surface area contributed by atoms with Gasteiger partial charge in [0, 0.05) is 10.6 Å². The van der Waals surface area contributed by atoms with E-state index in [-0.39, 0.29) is 0 Å². The summed E-state index contributed by atoms with van der Waals surface area (Å²) in [6.45, 7) is 3.33. The van der Waals surface area contributed by atoms with Crippen molar-refractivity contribution < 1.29 is 19.1 Å². The lowest BCUT2D eigenvalue weighted by molar-refractivity contribution is -0.123. The Morgan fingerprint density at radius 3 is 2.63 bits per heavy atom. The van der Waals surface area contributed by atoms with Crippen molar-refractivity contribution >= 4 is 34.9 Å². The van der Waals surface area contributed by atoms with Crippen LogP contribution in [0.3, 0.4) is 0 Å². The normalized spacial score (nSPS) is 12.8. The van der Waals surface area contributed by atoms with Gasteiger partial charge in [-0.15, -0.1) is 11.3 Å². The number of benzene rings is 1. The van der Waals surface area contributed by atoms with E-state index in [0.717, 1.165) is 36.8 Å². The number of urea groups is 1. The average Bonchev–Trinajstić information content (AvgIpc) is 3.06. The third kappa shape index (κ3) is 4.95. The highest BCUT2D eigenvalue weighted by molar-refractivity contribution is 7.14. The molecule has 27 heavy (non-hydrogen) atoms. The highest BCUT2D eigenvalue weighted by Crippen LogP contribution is 2.30. The Hall–Kier alpha value is -2.67. The summed E-state index contributed by atoms with van der Waals surface area (Å²) < 4.78 is 5.04. The topological polar surface area (TPSA) is 84.5 Å². The summed E-state index contributed by atoms with van der Waals surface area (Å²) in [5, 5.41) is 4.77. The first kappa shape index (κ1) is 19.1. The molecule has 1 aromatic heterocycles. The zero-order valence-electron chi connectivity index (χ0n) is 15.4. The van der Waals surface area contributed by atoms with E-state index in [1.54, 1.807) is 6.07 Å². The van der Waals surface area contributed by atoms with E-state index in [9.17, 15) is 14.4 Å². The fourth-order valence-electron chi connectivity index (χ4n) is 3.06. The van der Waals surface area contributed by atoms with E-state index in [1.807, 2.05) is 32.0 Å². The van der Waals surface area contributed by atoms with Crippen LogP contribution in [0.4, 0.5) is 10.5 Å². The number of hydrogen-bond acceptors (Lipinski definition) is 5. The Morgan fingerprint density at radius 1 is 1.11 bits per heavy atom. The van der Waals surface area contributed by atoms with Gasteiger partial charge in [-0.1, -0.05) is 17.7 Å². The predicted octanol–water partition coefficient (Wildman–Crippen LogP) is 3.75. The molecule has 0 saturated carbocycles. The van der Waals surface area contributed by atoms with E-state index in [0.29, 0.717) is 10.6 Å². The highest BCUT2D eigenvalue weighted by Gasteiger charge is 2.19. The lowest BCUT2D eigenvalue weighted by Crippen LogP contribution is -2.37. The number of esters is 1. The molecule has 1 aliphatic rings. The molecular formula is C20H22N2O4S. The van der Waals surface area contributed by atoms with Gasteiger partial charge in [0.25, 0.3) is 5.91 Å². The Balaban J connectivity index is 1.48. The number of hydrogen-bond donors (Lipinski definition) is 2. The molecule has 0 bridgehead atoms. The molecule has 1 aromatic carbocycles. The van der Waals surface area contributed by atoms with Crippen molar-refractivity contribution in [1.29, 1.82) is 0 Å². The Labute approximate surface area is 161 Å². The second-order valence-corrected chi connectivity index (χ2v) is 7.80.